The lowest BCUT2D eigenvalue weighted by Crippen LogP contribution is -2.27. The van der Waals surface area contributed by atoms with Crippen LogP contribution in [-0.4, -0.2) is 11.6 Å². The molecule has 4 rings (SSSR count). The van der Waals surface area contributed by atoms with Crippen LogP contribution >= 0.6 is 0 Å². The normalized spacial score (nSPS) is 16.7. The Kier molecular flexibility index (Phi) is 10.2. The molecule has 0 saturated carbocycles. The van der Waals surface area contributed by atoms with Crippen molar-refractivity contribution < 1.29 is 9.59 Å². The van der Waals surface area contributed by atoms with E-state index in [0.29, 0.717) is 5.69 Å². The van der Waals surface area contributed by atoms with Gasteiger partial charge in [0.05, 0.1) is 23.8 Å². The van der Waals surface area contributed by atoms with Crippen LogP contribution in [0.15, 0.2) is 139 Å². The highest BCUT2D eigenvalue weighted by Crippen LogP contribution is 2.40. The molecule has 0 saturated heterocycles. The van der Waals surface area contributed by atoms with Crippen molar-refractivity contribution in [3.63, 3.8) is 0 Å². The first-order valence-electron chi connectivity index (χ1n) is 16.6. The summed E-state index contributed by atoms with van der Waals surface area (Å²) in [6.07, 6.45) is 11.1. The van der Waals surface area contributed by atoms with Gasteiger partial charge < -0.3 is 0 Å². The van der Waals surface area contributed by atoms with E-state index < -0.39 is 0 Å². The van der Waals surface area contributed by atoms with Crippen LogP contribution in [0.5, 0.6) is 0 Å². The lowest BCUT2D eigenvalue weighted by Gasteiger charge is -2.31. The number of hydrogen-bond donors (Lipinski definition) is 0. The molecule has 0 radical (unpaired) electrons. The number of carbonyl (C=O) groups excluding carboxylic acids is 2. The molecule has 2 aliphatic carbocycles. The zero-order valence-electron chi connectivity index (χ0n) is 30.7. The lowest BCUT2D eigenvalue weighted by atomic mass is 9.72. The quantitative estimate of drug-likeness (QED) is 0.304. The smallest absolute Gasteiger partial charge is 0.186 e. The second kappa shape index (κ2) is 13.5. The van der Waals surface area contributed by atoms with Crippen molar-refractivity contribution in [3.8, 4) is 11.1 Å². The summed E-state index contributed by atoms with van der Waals surface area (Å²) >= 11 is 0. The number of nitrogens with zero attached hydrogens (tertiary/aromatic N) is 4. The van der Waals surface area contributed by atoms with Crippen molar-refractivity contribution in [2.24, 2.45) is 42.1 Å². The Morgan fingerprint density at radius 1 is 0.479 bits per heavy atom. The van der Waals surface area contributed by atoms with Crippen molar-refractivity contribution in [3.05, 3.63) is 119 Å². The number of allylic oxidation sites excluding steroid dienone is 10. The summed E-state index contributed by atoms with van der Waals surface area (Å²) in [6, 6.07) is 15.7. The van der Waals surface area contributed by atoms with Crippen LogP contribution in [0.3, 0.4) is 0 Å². The molecule has 0 bridgehead atoms. The minimum Gasteiger partial charge on any atom is -0.289 e. The van der Waals surface area contributed by atoms with Crippen molar-refractivity contribution in [2.45, 2.75) is 83.1 Å². The molecule has 2 aliphatic rings. The van der Waals surface area contributed by atoms with Crippen molar-refractivity contribution in [1.82, 2.24) is 0 Å². The SMILES string of the molecule is CC(C)(C)C1=CC(=C/N=N\c2ccccc2-c2ccc(/N=N/C=C3C=C(C(C)(C)C)C(=O)C(C(C)(C)C)=C3)cc2)C=C(C(C)(C)C)C1=O. The zero-order valence-corrected chi connectivity index (χ0v) is 30.7. The van der Waals surface area contributed by atoms with Gasteiger partial charge in [0.2, 0.25) is 0 Å². The van der Waals surface area contributed by atoms with Gasteiger partial charge >= 0.3 is 0 Å². The van der Waals surface area contributed by atoms with Gasteiger partial charge in [-0.3, -0.25) is 9.59 Å². The van der Waals surface area contributed by atoms with Gasteiger partial charge in [0.25, 0.3) is 0 Å². The molecule has 0 aromatic heterocycles. The standard InChI is InChI=1S/C42H50N4O2/c1-39(2,3)32-21-27(22-33(37(32)47)40(4,5)6)25-43-45-30-19-17-29(18-20-30)31-15-13-14-16-36(31)46-44-26-28-23-34(41(7,8)9)38(48)35(24-28)42(10,11)12/h13-26H,1-12H3/b45-43+,46-44-. The molecule has 0 unspecified atom stereocenters. The molecule has 0 heterocycles. The molecule has 48 heavy (non-hydrogen) atoms. The molecule has 2 aromatic rings. The summed E-state index contributed by atoms with van der Waals surface area (Å²) in [6.45, 7) is 24.7. The van der Waals surface area contributed by atoms with Gasteiger partial charge in [0, 0.05) is 27.9 Å². The molecular formula is C42H50N4O2. The minimum atomic E-state index is -0.288. The first kappa shape index (κ1) is 36.3. The molecule has 0 N–H and O–H groups in total. The van der Waals surface area contributed by atoms with Crippen molar-refractivity contribution in [2.75, 3.05) is 0 Å². The summed E-state index contributed by atoms with van der Waals surface area (Å²) in [4.78, 5) is 26.5. The van der Waals surface area contributed by atoms with E-state index in [4.69, 9.17) is 0 Å². The molecule has 0 fully saturated rings. The molecule has 250 valence electrons. The van der Waals surface area contributed by atoms with Gasteiger partial charge in [0.15, 0.2) is 11.6 Å². The van der Waals surface area contributed by atoms with E-state index in [1.807, 2.05) is 72.8 Å². The van der Waals surface area contributed by atoms with Crippen LogP contribution in [0.4, 0.5) is 11.4 Å². The fourth-order valence-corrected chi connectivity index (χ4v) is 5.51. The maximum absolute atomic E-state index is 13.3. The van der Waals surface area contributed by atoms with E-state index in [1.165, 1.54) is 0 Å². The van der Waals surface area contributed by atoms with E-state index in [9.17, 15) is 9.59 Å². The fourth-order valence-electron chi connectivity index (χ4n) is 5.51. The third-order valence-electron chi connectivity index (χ3n) is 8.29. The molecular weight excluding hydrogens is 592 g/mol. The highest BCUT2D eigenvalue weighted by atomic mass is 16.1. The van der Waals surface area contributed by atoms with Gasteiger partial charge in [0.1, 0.15) is 0 Å². The predicted octanol–water partition coefficient (Wildman–Crippen LogP) is 12.3. The van der Waals surface area contributed by atoms with Gasteiger partial charge in [-0.15, -0.1) is 0 Å². The van der Waals surface area contributed by atoms with Crippen LogP contribution < -0.4 is 0 Å². The molecule has 0 spiro atoms. The third-order valence-corrected chi connectivity index (χ3v) is 8.29. The highest BCUT2D eigenvalue weighted by Gasteiger charge is 2.35. The number of ketones is 2. The first-order chi connectivity index (χ1) is 22.2. The maximum atomic E-state index is 13.3. The van der Waals surface area contributed by atoms with E-state index in [0.717, 1.165) is 50.3 Å². The Morgan fingerprint density at radius 2 is 0.854 bits per heavy atom. The van der Waals surface area contributed by atoms with Crippen LogP contribution in [0.2, 0.25) is 0 Å². The minimum absolute atomic E-state index is 0.0950. The fraction of sp³-hybridized carbons (Fsp3) is 0.381. The average molecular weight is 643 g/mol. The van der Waals surface area contributed by atoms with Gasteiger partial charge in [-0.1, -0.05) is 113 Å². The van der Waals surface area contributed by atoms with Crippen LogP contribution in [0.25, 0.3) is 11.1 Å². The molecule has 6 nitrogen and oxygen atoms in total. The topological polar surface area (TPSA) is 83.6 Å². The summed E-state index contributed by atoms with van der Waals surface area (Å²) < 4.78 is 0. The van der Waals surface area contributed by atoms with Crippen LogP contribution in [0, 0.1) is 21.7 Å². The highest BCUT2D eigenvalue weighted by molar-refractivity contribution is 6.12. The summed E-state index contributed by atoms with van der Waals surface area (Å²) in [5.74, 6) is 0.192. The molecule has 0 amide bonds. The second-order valence-electron chi connectivity index (χ2n) is 16.6. The van der Waals surface area contributed by atoms with E-state index in [-0.39, 0.29) is 33.2 Å². The maximum Gasteiger partial charge on any atom is 0.186 e. The number of benzene rings is 2. The second-order valence-corrected chi connectivity index (χ2v) is 16.6. The Hall–Kier alpha value is -4.58. The summed E-state index contributed by atoms with van der Waals surface area (Å²) in [5, 5.41) is 17.8. The number of rotatable bonds is 5. The van der Waals surface area contributed by atoms with E-state index in [1.54, 1.807) is 12.4 Å². The third kappa shape index (κ3) is 8.66. The monoisotopic (exact) mass is 642 g/mol. The molecule has 6 heteroatoms. The van der Waals surface area contributed by atoms with E-state index in [2.05, 4.69) is 104 Å². The summed E-state index contributed by atoms with van der Waals surface area (Å²) in [7, 11) is 0. The Labute approximate surface area is 287 Å². The molecule has 2 aromatic carbocycles. The van der Waals surface area contributed by atoms with Crippen molar-refractivity contribution in [1.29, 1.82) is 0 Å². The summed E-state index contributed by atoms with van der Waals surface area (Å²) in [5.41, 5.74) is 7.03. The van der Waals surface area contributed by atoms with Gasteiger partial charge in [-0.25, -0.2) is 0 Å². The first-order valence-corrected chi connectivity index (χ1v) is 16.6. The van der Waals surface area contributed by atoms with Crippen LogP contribution in [-0.2, 0) is 9.59 Å². The van der Waals surface area contributed by atoms with Crippen molar-refractivity contribution >= 4 is 22.9 Å². The van der Waals surface area contributed by atoms with Gasteiger partial charge in [-0.2, -0.15) is 20.5 Å². The Balaban J connectivity index is 1.58. The number of azo groups is 2. The molecule has 0 atom stereocenters. The number of carbonyl (C=O) groups is 2. The average Bonchev–Trinajstić information content (AvgIpc) is 2.97. The Morgan fingerprint density at radius 3 is 1.25 bits per heavy atom. The van der Waals surface area contributed by atoms with E-state index >= 15 is 0 Å². The van der Waals surface area contributed by atoms with Crippen LogP contribution in [0.1, 0.15) is 83.1 Å². The number of hydrogen-bond acceptors (Lipinski definition) is 6. The number of Topliss-reactive ketones (excluding diaryl/α,β-unsaturated/α-hetero) is 2. The predicted molar refractivity (Wildman–Crippen MR) is 197 cm³/mol. The largest absolute Gasteiger partial charge is 0.289 e. The zero-order chi connectivity index (χ0) is 35.7. The Bertz CT molecular complexity index is 1770. The molecule has 0 aliphatic heterocycles. The van der Waals surface area contributed by atoms with Gasteiger partial charge in [-0.05, 0) is 80.9 Å². The lowest BCUT2D eigenvalue weighted by molar-refractivity contribution is -0.114.